The first kappa shape index (κ1) is 11.2. The van der Waals surface area contributed by atoms with Gasteiger partial charge in [0, 0.05) is 13.1 Å². The van der Waals surface area contributed by atoms with Crippen molar-refractivity contribution in [1.82, 2.24) is 5.01 Å². The third kappa shape index (κ3) is 4.40. The van der Waals surface area contributed by atoms with Crippen molar-refractivity contribution < 1.29 is 0 Å². The first-order chi connectivity index (χ1) is 6.83. The number of hydrazine groups is 1. The number of benzene rings is 1. The molecule has 2 N–H and O–H groups in total. The number of unbranched alkanes of at least 4 members (excludes halogenated alkanes) is 1. The highest BCUT2D eigenvalue weighted by atomic mass is 15.4. The zero-order valence-electron chi connectivity index (χ0n) is 8.95. The molecule has 0 aromatic heterocycles. The Morgan fingerprint density at radius 3 is 2.50 bits per heavy atom. The lowest BCUT2D eigenvalue weighted by atomic mass is 10.1. The maximum Gasteiger partial charge on any atom is 0.0128 e. The lowest BCUT2D eigenvalue weighted by Gasteiger charge is -2.12. The van der Waals surface area contributed by atoms with E-state index in [1.54, 1.807) is 0 Å². The summed E-state index contributed by atoms with van der Waals surface area (Å²) in [5.41, 5.74) is 1.42. The summed E-state index contributed by atoms with van der Waals surface area (Å²) in [6, 6.07) is 10.6. The quantitative estimate of drug-likeness (QED) is 0.425. The first-order valence-corrected chi connectivity index (χ1v) is 5.36. The molecule has 0 amide bonds. The van der Waals surface area contributed by atoms with Gasteiger partial charge >= 0.3 is 0 Å². The predicted octanol–water partition coefficient (Wildman–Crippen LogP) is 2.20. The van der Waals surface area contributed by atoms with Gasteiger partial charge in [-0.3, -0.25) is 5.84 Å². The molecule has 0 fully saturated rings. The monoisotopic (exact) mass is 192 g/mol. The highest BCUT2D eigenvalue weighted by Crippen LogP contribution is 2.04. The van der Waals surface area contributed by atoms with Crippen LogP contribution < -0.4 is 5.84 Å². The molecule has 1 aromatic rings. The van der Waals surface area contributed by atoms with Gasteiger partial charge in [0.25, 0.3) is 0 Å². The summed E-state index contributed by atoms with van der Waals surface area (Å²) >= 11 is 0. The Labute approximate surface area is 86.7 Å². The van der Waals surface area contributed by atoms with E-state index in [0.717, 1.165) is 13.1 Å². The lowest BCUT2D eigenvalue weighted by molar-refractivity contribution is 0.292. The molecule has 0 heterocycles. The lowest BCUT2D eigenvalue weighted by Crippen LogP contribution is -2.31. The van der Waals surface area contributed by atoms with Crippen LogP contribution in [0.5, 0.6) is 0 Å². The molecule has 0 aliphatic rings. The number of rotatable bonds is 6. The largest absolute Gasteiger partial charge is 0.269 e. The van der Waals surface area contributed by atoms with Crippen molar-refractivity contribution in [2.24, 2.45) is 5.84 Å². The predicted molar refractivity (Wildman–Crippen MR) is 60.8 cm³/mol. The molecule has 0 saturated carbocycles. The van der Waals surface area contributed by atoms with Crippen LogP contribution in [0, 0.1) is 0 Å². The fraction of sp³-hybridized carbons (Fsp3) is 0.500. The van der Waals surface area contributed by atoms with Gasteiger partial charge in [0.1, 0.15) is 0 Å². The van der Waals surface area contributed by atoms with Crippen molar-refractivity contribution in [3.8, 4) is 0 Å². The molecule has 78 valence electrons. The maximum absolute atomic E-state index is 5.69. The minimum atomic E-state index is 0.936. The van der Waals surface area contributed by atoms with E-state index in [0.29, 0.717) is 0 Å². The van der Waals surface area contributed by atoms with Crippen LogP contribution in [-0.2, 0) is 6.42 Å². The van der Waals surface area contributed by atoms with Gasteiger partial charge in [0.05, 0.1) is 0 Å². The van der Waals surface area contributed by atoms with E-state index >= 15 is 0 Å². The van der Waals surface area contributed by atoms with Crippen LogP contribution in [0.2, 0.25) is 0 Å². The zero-order chi connectivity index (χ0) is 10.2. The summed E-state index contributed by atoms with van der Waals surface area (Å²) in [5, 5.41) is 1.87. The highest BCUT2D eigenvalue weighted by molar-refractivity contribution is 5.14. The van der Waals surface area contributed by atoms with Gasteiger partial charge in [0.2, 0.25) is 0 Å². The third-order valence-corrected chi connectivity index (χ3v) is 2.41. The molecule has 0 spiro atoms. The van der Waals surface area contributed by atoms with Crippen molar-refractivity contribution in [3.05, 3.63) is 35.9 Å². The maximum atomic E-state index is 5.69. The van der Waals surface area contributed by atoms with E-state index in [-0.39, 0.29) is 0 Å². The zero-order valence-corrected chi connectivity index (χ0v) is 8.95. The van der Waals surface area contributed by atoms with Gasteiger partial charge in [-0.1, -0.05) is 37.3 Å². The summed E-state index contributed by atoms with van der Waals surface area (Å²) < 4.78 is 0. The van der Waals surface area contributed by atoms with Gasteiger partial charge < -0.3 is 0 Å². The van der Waals surface area contributed by atoms with Crippen LogP contribution in [0.4, 0.5) is 0 Å². The van der Waals surface area contributed by atoms with E-state index in [2.05, 4.69) is 37.3 Å². The molecule has 2 heteroatoms. The van der Waals surface area contributed by atoms with Crippen molar-refractivity contribution in [2.45, 2.75) is 26.2 Å². The van der Waals surface area contributed by atoms with Crippen molar-refractivity contribution in [3.63, 3.8) is 0 Å². The fourth-order valence-corrected chi connectivity index (χ4v) is 1.45. The normalized spacial score (nSPS) is 10.8. The Balaban J connectivity index is 2.10. The second-order valence-corrected chi connectivity index (χ2v) is 3.57. The Morgan fingerprint density at radius 2 is 1.86 bits per heavy atom. The van der Waals surface area contributed by atoms with E-state index in [1.165, 1.54) is 24.8 Å². The summed E-state index contributed by atoms with van der Waals surface area (Å²) in [5.74, 6) is 5.69. The molecule has 0 bridgehead atoms. The molecule has 0 atom stereocenters. The summed E-state index contributed by atoms with van der Waals surface area (Å²) in [4.78, 5) is 0. The molecule has 0 saturated heterocycles. The topological polar surface area (TPSA) is 29.3 Å². The molecule has 2 nitrogen and oxygen atoms in total. The third-order valence-electron chi connectivity index (χ3n) is 2.41. The molecule has 1 rings (SSSR count). The van der Waals surface area contributed by atoms with E-state index in [9.17, 15) is 0 Å². The van der Waals surface area contributed by atoms with Crippen LogP contribution in [0.3, 0.4) is 0 Å². The van der Waals surface area contributed by atoms with Crippen LogP contribution in [0.25, 0.3) is 0 Å². The van der Waals surface area contributed by atoms with E-state index < -0.39 is 0 Å². The average molecular weight is 192 g/mol. The van der Waals surface area contributed by atoms with Gasteiger partial charge in [0.15, 0.2) is 0 Å². The minimum Gasteiger partial charge on any atom is -0.269 e. The smallest absolute Gasteiger partial charge is 0.0128 e. The van der Waals surface area contributed by atoms with Crippen LogP contribution in [-0.4, -0.2) is 18.1 Å². The number of nitrogens with two attached hydrogens (primary N) is 1. The van der Waals surface area contributed by atoms with Crippen LogP contribution in [0.15, 0.2) is 30.3 Å². The first-order valence-electron chi connectivity index (χ1n) is 5.36. The van der Waals surface area contributed by atoms with E-state index in [1.807, 2.05) is 5.01 Å². The highest BCUT2D eigenvalue weighted by Gasteiger charge is 1.95. The molecular weight excluding hydrogens is 172 g/mol. The number of aryl methyl sites for hydroxylation is 1. The van der Waals surface area contributed by atoms with Gasteiger partial charge in [-0.15, -0.1) is 0 Å². The Kier molecular flexibility index (Phi) is 5.27. The van der Waals surface area contributed by atoms with Gasteiger partial charge in [-0.25, -0.2) is 5.01 Å². The average Bonchev–Trinajstić information content (AvgIpc) is 2.25. The molecule has 0 unspecified atom stereocenters. The van der Waals surface area contributed by atoms with Crippen molar-refractivity contribution in [2.75, 3.05) is 13.1 Å². The molecule has 0 radical (unpaired) electrons. The molecular formula is C12H20N2. The molecule has 0 aliphatic heterocycles. The van der Waals surface area contributed by atoms with Gasteiger partial charge in [-0.05, 0) is 24.8 Å². The number of nitrogens with zero attached hydrogens (tertiary/aromatic N) is 1. The second-order valence-electron chi connectivity index (χ2n) is 3.57. The second kappa shape index (κ2) is 6.57. The molecule has 14 heavy (non-hydrogen) atoms. The summed E-state index contributed by atoms with van der Waals surface area (Å²) in [6.45, 7) is 4.02. The fourth-order valence-electron chi connectivity index (χ4n) is 1.45. The van der Waals surface area contributed by atoms with Crippen LogP contribution in [0.1, 0.15) is 25.3 Å². The van der Waals surface area contributed by atoms with E-state index in [4.69, 9.17) is 5.84 Å². The van der Waals surface area contributed by atoms with Gasteiger partial charge in [-0.2, -0.15) is 0 Å². The minimum absolute atomic E-state index is 0.936. The number of hydrogen-bond acceptors (Lipinski definition) is 2. The molecule has 0 aliphatic carbocycles. The van der Waals surface area contributed by atoms with Crippen LogP contribution >= 0.6 is 0 Å². The van der Waals surface area contributed by atoms with Crippen molar-refractivity contribution >= 4 is 0 Å². The number of hydrogen-bond donors (Lipinski definition) is 1. The Bertz CT molecular complexity index is 233. The summed E-state index contributed by atoms with van der Waals surface area (Å²) in [7, 11) is 0. The summed E-state index contributed by atoms with van der Waals surface area (Å²) in [6.07, 6.45) is 3.56. The standard InChI is InChI=1S/C12H20N2/c1-2-14(13)11-7-6-10-12-8-4-3-5-9-12/h3-5,8-9H,2,6-7,10-11,13H2,1H3. The SMILES string of the molecule is CCN(N)CCCCc1ccccc1. The Morgan fingerprint density at radius 1 is 1.14 bits per heavy atom. The van der Waals surface area contributed by atoms with Crippen molar-refractivity contribution in [1.29, 1.82) is 0 Å². The molecule has 1 aromatic carbocycles. The Hall–Kier alpha value is -0.860.